The molecule has 27 heavy (non-hydrogen) atoms. The third kappa shape index (κ3) is 3.88. The van der Waals surface area contributed by atoms with Crippen LogP contribution in [-0.4, -0.2) is 37.7 Å². The Morgan fingerprint density at radius 2 is 1.78 bits per heavy atom. The molecule has 3 aromatic carbocycles. The maximum atomic E-state index is 6.03. The second-order valence-electron chi connectivity index (χ2n) is 6.87. The van der Waals surface area contributed by atoms with Gasteiger partial charge in [0.05, 0.1) is 12.6 Å². The Morgan fingerprint density at radius 1 is 1.00 bits per heavy atom. The molecule has 1 heterocycles. The fourth-order valence-electron chi connectivity index (χ4n) is 4.01. The quantitative estimate of drug-likeness (QED) is 0.623. The van der Waals surface area contributed by atoms with Gasteiger partial charge in [-0.15, -0.1) is 0 Å². The highest BCUT2D eigenvalue weighted by molar-refractivity contribution is 9.10. The maximum absolute atomic E-state index is 6.03. The second kappa shape index (κ2) is 8.42. The van der Waals surface area contributed by atoms with E-state index < -0.39 is 0 Å². The highest BCUT2D eigenvalue weighted by Crippen LogP contribution is 2.39. The van der Waals surface area contributed by atoms with E-state index in [1.165, 1.54) is 21.9 Å². The summed E-state index contributed by atoms with van der Waals surface area (Å²) in [6, 6.07) is 21.8. The molecule has 0 aliphatic carbocycles. The van der Waals surface area contributed by atoms with Crippen molar-refractivity contribution >= 4 is 26.7 Å². The average Bonchev–Trinajstić information content (AvgIpc) is 2.71. The smallest absolute Gasteiger partial charge is 0.124 e. The average molecular weight is 425 g/mol. The number of rotatable bonds is 5. The first kappa shape index (κ1) is 18.5. The lowest BCUT2D eigenvalue weighted by atomic mass is 9.91. The summed E-state index contributed by atoms with van der Waals surface area (Å²) in [7, 11) is 0. The summed E-state index contributed by atoms with van der Waals surface area (Å²) in [6.07, 6.45) is 0. The topological polar surface area (TPSA) is 24.5 Å². The first-order chi connectivity index (χ1) is 13.3. The van der Waals surface area contributed by atoms with E-state index in [1.54, 1.807) is 0 Å². The highest BCUT2D eigenvalue weighted by Gasteiger charge is 2.28. The number of nitrogens with zero attached hydrogens (tertiary/aromatic N) is 1. The van der Waals surface area contributed by atoms with Crippen molar-refractivity contribution in [3.63, 3.8) is 0 Å². The molecule has 1 atom stereocenters. The van der Waals surface area contributed by atoms with Crippen molar-refractivity contribution in [1.82, 2.24) is 10.2 Å². The van der Waals surface area contributed by atoms with Crippen LogP contribution >= 0.6 is 15.9 Å². The Balaban J connectivity index is 1.91. The molecule has 4 heteroatoms. The van der Waals surface area contributed by atoms with Gasteiger partial charge in [-0.05, 0) is 41.5 Å². The monoisotopic (exact) mass is 424 g/mol. The molecule has 1 saturated heterocycles. The molecule has 4 rings (SSSR count). The lowest BCUT2D eigenvalue weighted by Crippen LogP contribution is -2.45. The molecule has 3 aromatic rings. The zero-order chi connectivity index (χ0) is 18.6. The van der Waals surface area contributed by atoms with Gasteiger partial charge in [-0.2, -0.15) is 0 Å². The number of piperazine rings is 1. The van der Waals surface area contributed by atoms with Gasteiger partial charge in [-0.3, -0.25) is 4.90 Å². The molecule has 0 saturated carbocycles. The SMILES string of the molecule is CCOc1ccc(Br)cc1C(c1cccc2ccccc12)N1CCNCC1. The van der Waals surface area contributed by atoms with E-state index in [0.717, 1.165) is 36.4 Å². The lowest BCUT2D eigenvalue weighted by molar-refractivity contribution is 0.195. The van der Waals surface area contributed by atoms with Crippen LogP contribution in [-0.2, 0) is 0 Å². The van der Waals surface area contributed by atoms with Gasteiger partial charge in [0.1, 0.15) is 5.75 Å². The van der Waals surface area contributed by atoms with Gasteiger partial charge in [0.25, 0.3) is 0 Å². The predicted octanol–water partition coefficient (Wildman–Crippen LogP) is 5.00. The van der Waals surface area contributed by atoms with Gasteiger partial charge in [0.15, 0.2) is 0 Å². The van der Waals surface area contributed by atoms with Crippen LogP contribution in [0.5, 0.6) is 5.75 Å². The Bertz CT molecular complexity index is 916. The molecule has 1 aliphatic heterocycles. The zero-order valence-corrected chi connectivity index (χ0v) is 17.2. The Morgan fingerprint density at radius 3 is 2.59 bits per heavy atom. The van der Waals surface area contributed by atoms with E-state index >= 15 is 0 Å². The van der Waals surface area contributed by atoms with Gasteiger partial charge < -0.3 is 10.1 Å². The number of hydrogen-bond acceptors (Lipinski definition) is 3. The van der Waals surface area contributed by atoms with E-state index in [2.05, 4.69) is 86.8 Å². The number of benzene rings is 3. The van der Waals surface area contributed by atoms with Crippen molar-refractivity contribution in [1.29, 1.82) is 0 Å². The van der Waals surface area contributed by atoms with Crippen LogP contribution in [0.2, 0.25) is 0 Å². The zero-order valence-electron chi connectivity index (χ0n) is 15.6. The molecular weight excluding hydrogens is 400 g/mol. The van der Waals surface area contributed by atoms with E-state index in [1.807, 2.05) is 6.92 Å². The Kier molecular flexibility index (Phi) is 5.77. The summed E-state index contributed by atoms with van der Waals surface area (Å²) >= 11 is 3.68. The van der Waals surface area contributed by atoms with Gasteiger partial charge >= 0.3 is 0 Å². The van der Waals surface area contributed by atoms with Crippen LogP contribution in [0.25, 0.3) is 10.8 Å². The second-order valence-corrected chi connectivity index (χ2v) is 7.79. The van der Waals surface area contributed by atoms with Gasteiger partial charge in [-0.25, -0.2) is 0 Å². The van der Waals surface area contributed by atoms with Crippen molar-refractivity contribution in [2.45, 2.75) is 13.0 Å². The predicted molar refractivity (Wildman–Crippen MR) is 116 cm³/mol. The Labute approximate surface area is 169 Å². The molecule has 1 N–H and O–H groups in total. The van der Waals surface area contributed by atoms with Gasteiger partial charge in [0.2, 0.25) is 0 Å². The summed E-state index contributed by atoms with van der Waals surface area (Å²) in [5.41, 5.74) is 2.57. The standard InChI is InChI=1S/C23H25BrN2O/c1-2-27-22-11-10-18(24)16-21(22)23(26-14-12-25-13-15-26)20-9-5-7-17-6-3-4-8-19(17)20/h3-11,16,23,25H,2,12-15H2,1H3. The molecule has 0 bridgehead atoms. The van der Waals surface area contributed by atoms with Gasteiger partial charge in [0, 0.05) is 36.2 Å². The van der Waals surface area contributed by atoms with Crippen LogP contribution in [0.3, 0.4) is 0 Å². The third-order valence-corrected chi connectivity index (χ3v) is 5.69. The fourth-order valence-corrected chi connectivity index (χ4v) is 4.39. The van der Waals surface area contributed by atoms with Crippen molar-refractivity contribution in [2.24, 2.45) is 0 Å². The molecule has 0 amide bonds. The minimum absolute atomic E-state index is 0.164. The fraction of sp³-hybridized carbons (Fsp3) is 0.304. The molecule has 140 valence electrons. The summed E-state index contributed by atoms with van der Waals surface area (Å²) in [6.45, 7) is 6.78. The summed E-state index contributed by atoms with van der Waals surface area (Å²) in [5.74, 6) is 0.970. The Hall–Kier alpha value is -1.88. The molecule has 3 nitrogen and oxygen atoms in total. The molecule has 0 spiro atoms. The van der Waals surface area contributed by atoms with E-state index in [0.29, 0.717) is 6.61 Å². The lowest BCUT2D eigenvalue weighted by Gasteiger charge is -2.36. The van der Waals surface area contributed by atoms with Crippen LogP contribution in [0.15, 0.2) is 65.1 Å². The van der Waals surface area contributed by atoms with Crippen LogP contribution in [0.4, 0.5) is 0 Å². The minimum Gasteiger partial charge on any atom is -0.494 e. The maximum Gasteiger partial charge on any atom is 0.124 e. The van der Waals surface area contributed by atoms with Gasteiger partial charge in [-0.1, -0.05) is 58.4 Å². The summed E-state index contributed by atoms with van der Waals surface area (Å²) in [5, 5.41) is 6.07. The van der Waals surface area contributed by atoms with E-state index in [4.69, 9.17) is 4.74 Å². The number of fused-ring (bicyclic) bond motifs is 1. The van der Waals surface area contributed by atoms with Crippen LogP contribution < -0.4 is 10.1 Å². The highest BCUT2D eigenvalue weighted by atomic mass is 79.9. The number of halogens is 1. The first-order valence-electron chi connectivity index (χ1n) is 9.62. The largest absolute Gasteiger partial charge is 0.494 e. The molecule has 1 aliphatic rings. The molecular formula is C23H25BrN2O. The van der Waals surface area contributed by atoms with E-state index in [9.17, 15) is 0 Å². The van der Waals surface area contributed by atoms with E-state index in [-0.39, 0.29) is 6.04 Å². The summed E-state index contributed by atoms with van der Waals surface area (Å²) in [4.78, 5) is 2.57. The molecule has 0 radical (unpaired) electrons. The van der Waals surface area contributed by atoms with Crippen molar-refractivity contribution in [3.05, 3.63) is 76.3 Å². The first-order valence-corrected chi connectivity index (χ1v) is 10.4. The van der Waals surface area contributed by atoms with Crippen molar-refractivity contribution in [3.8, 4) is 5.75 Å². The minimum atomic E-state index is 0.164. The van der Waals surface area contributed by atoms with Crippen molar-refractivity contribution in [2.75, 3.05) is 32.8 Å². The van der Waals surface area contributed by atoms with Crippen LogP contribution in [0, 0.1) is 0 Å². The molecule has 1 unspecified atom stereocenters. The van der Waals surface area contributed by atoms with Crippen LogP contribution in [0.1, 0.15) is 24.1 Å². The third-order valence-electron chi connectivity index (χ3n) is 5.20. The number of nitrogens with one attached hydrogen (secondary N) is 1. The molecule has 1 fully saturated rings. The van der Waals surface area contributed by atoms with Crippen molar-refractivity contribution < 1.29 is 4.74 Å². The molecule has 0 aromatic heterocycles. The normalized spacial score (nSPS) is 16.4. The summed E-state index contributed by atoms with van der Waals surface area (Å²) < 4.78 is 7.12. The number of ether oxygens (including phenoxy) is 1. The number of hydrogen-bond donors (Lipinski definition) is 1.